The molecule has 2 aromatic rings. The third-order valence-corrected chi connectivity index (χ3v) is 5.65. The zero-order valence-electron chi connectivity index (χ0n) is 14.9. The van der Waals surface area contributed by atoms with Crippen molar-refractivity contribution < 1.29 is 30.7 Å². The fourth-order valence-electron chi connectivity index (χ4n) is 3.03. The van der Waals surface area contributed by atoms with Gasteiger partial charge in [0.1, 0.15) is 5.82 Å². The Labute approximate surface area is 166 Å². The van der Waals surface area contributed by atoms with Crippen LogP contribution < -0.4 is 11.1 Å². The monoisotopic (exact) mass is 436 g/mol. The molecule has 1 unspecified atom stereocenters. The zero-order valence-corrected chi connectivity index (χ0v) is 15.7. The Hall–Kier alpha value is -2.36. The molecule has 0 bridgehead atoms. The molecule has 1 aliphatic rings. The van der Waals surface area contributed by atoms with Crippen molar-refractivity contribution in [2.75, 3.05) is 5.73 Å². The van der Waals surface area contributed by atoms with Gasteiger partial charge in [-0.05, 0) is 48.4 Å². The van der Waals surface area contributed by atoms with Gasteiger partial charge in [0, 0.05) is 22.7 Å². The maximum Gasteiger partial charge on any atom is 0.418 e. The first-order valence-corrected chi connectivity index (χ1v) is 9.20. The third kappa shape index (κ3) is 4.80. The Morgan fingerprint density at radius 2 is 1.69 bits per heavy atom. The highest BCUT2D eigenvalue weighted by Gasteiger charge is 2.35. The van der Waals surface area contributed by atoms with Gasteiger partial charge in [-0.3, -0.25) is 0 Å². The molecule has 0 saturated heterocycles. The highest BCUT2D eigenvalue weighted by Crippen LogP contribution is 2.42. The minimum absolute atomic E-state index is 0.0491. The van der Waals surface area contributed by atoms with Crippen LogP contribution in [0.5, 0.6) is 0 Å². The molecule has 0 aliphatic carbocycles. The summed E-state index contributed by atoms with van der Waals surface area (Å²) in [6, 6.07) is 5.84. The van der Waals surface area contributed by atoms with Crippen LogP contribution in [0.1, 0.15) is 29.2 Å². The van der Waals surface area contributed by atoms with Crippen molar-refractivity contribution in [1.29, 1.82) is 0 Å². The summed E-state index contributed by atoms with van der Waals surface area (Å²) in [6.45, 7) is 1.65. The van der Waals surface area contributed by atoms with E-state index in [1.165, 1.54) is 17.8 Å². The molecule has 2 nitrogen and oxygen atoms in total. The van der Waals surface area contributed by atoms with E-state index in [1.807, 2.05) is 0 Å². The topological polar surface area (TPSA) is 38.0 Å². The fourth-order valence-corrected chi connectivity index (χ4v) is 4.33. The van der Waals surface area contributed by atoms with Crippen molar-refractivity contribution in [1.82, 2.24) is 5.32 Å². The van der Waals surface area contributed by atoms with Crippen molar-refractivity contribution in [2.24, 2.45) is 0 Å². The molecular weight excluding hydrogens is 421 g/mol. The second-order valence-corrected chi connectivity index (χ2v) is 7.77. The lowest BCUT2D eigenvalue weighted by atomic mass is 10.1. The minimum Gasteiger partial charge on any atom is -0.398 e. The van der Waals surface area contributed by atoms with E-state index in [0.717, 1.165) is 24.3 Å². The number of hydrogen-bond acceptors (Lipinski definition) is 3. The molecule has 0 aromatic heterocycles. The lowest BCUT2D eigenvalue weighted by molar-refractivity contribution is -0.138. The summed E-state index contributed by atoms with van der Waals surface area (Å²) in [5, 5.41) is 2.57. The predicted octanol–water partition coefficient (Wildman–Crippen LogP) is 6.04. The fraction of sp³-hybridized carbons (Fsp3) is 0.263. The number of nitrogens with one attached hydrogen (secondary N) is 1. The molecule has 10 heteroatoms. The summed E-state index contributed by atoms with van der Waals surface area (Å²) < 4.78 is 91.5. The maximum absolute atomic E-state index is 13.6. The quantitative estimate of drug-likeness (QED) is 0.455. The molecular formula is C19H15F7N2S. The summed E-state index contributed by atoms with van der Waals surface area (Å²) in [5.74, 6) is -1.00. The highest BCUT2D eigenvalue weighted by atomic mass is 32.2. The molecule has 156 valence electrons. The number of rotatable bonds is 3. The van der Waals surface area contributed by atoms with Crippen molar-refractivity contribution in [3.05, 3.63) is 70.2 Å². The second kappa shape index (κ2) is 7.47. The number of hydrogen-bond donors (Lipinski definition) is 2. The maximum atomic E-state index is 13.6. The number of benzene rings is 2. The van der Waals surface area contributed by atoms with Gasteiger partial charge in [0.25, 0.3) is 0 Å². The van der Waals surface area contributed by atoms with Crippen LogP contribution >= 0.6 is 11.8 Å². The van der Waals surface area contributed by atoms with E-state index in [4.69, 9.17) is 5.73 Å². The van der Waals surface area contributed by atoms with Crippen LogP contribution in [-0.2, 0) is 18.8 Å². The average molecular weight is 436 g/mol. The van der Waals surface area contributed by atoms with Gasteiger partial charge >= 0.3 is 12.4 Å². The Morgan fingerprint density at radius 1 is 1.00 bits per heavy atom. The average Bonchev–Trinajstić information content (AvgIpc) is 2.93. The number of anilines is 1. The number of alkyl halides is 6. The Balaban J connectivity index is 1.82. The molecule has 0 fully saturated rings. The van der Waals surface area contributed by atoms with Crippen LogP contribution in [0.2, 0.25) is 0 Å². The van der Waals surface area contributed by atoms with Crippen molar-refractivity contribution in [3.63, 3.8) is 0 Å². The smallest absolute Gasteiger partial charge is 0.398 e. The summed E-state index contributed by atoms with van der Waals surface area (Å²) >= 11 is 1.17. The van der Waals surface area contributed by atoms with Gasteiger partial charge < -0.3 is 11.1 Å². The molecule has 3 rings (SSSR count). The molecule has 3 N–H and O–H groups in total. The largest absolute Gasteiger partial charge is 0.418 e. The number of nitrogen functional groups attached to an aromatic ring is 1. The first-order chi connectivity index (χ1) is 13.3. The van der Waals surface area contributed by atoms with Crippen LogP contribution in [0.3, 0.4) is 0 Å². The number of nitrogens with two attached hydrogens (primary N) is 1. The normalized spacial score (nSPS) is 17.6. The van der Waals surface area contributed by atoms with E-state index in [1.54, 1.807) is 6.92 Å². The van der Waals surface area contributed by atoms with Crippen LogP contribution in [0, 0.1) is 5.82 Å². The summed E-state index contributed by atoms with van der Waals surface area (Å²) in [5.41, 5.74) is 3.97. The highest BCUT2D eigenvalue weighted by molar-refractivity contribution is 8.09. The standard InChI is InChI=1S/C19H15F7N2S/c1-9-17(11-2-3-15(27)14(7-11)19(24,25)26)29-16(28-9)6-10-4-12(18(21,22)23)8-13(20)5-10/h2-5,7-8,16,28H,6,27H2,1H3. The van der Waals surface area contributed by atoms with Crippen molar-refractivity contribution in [3.8, 4) is 0 Å². The van der Waals surface area contributed by atoms with Gasteiger partial charge in [0.2, 0.25) is 0 Å². The number of halogens is 7. The third-order valence-electron chi connectivity index (χ3n) is 4.31. The van der Waals surface area contributed by atoms with E-state index in [-0.39, 0.29) is 12.0 Å². The van der Waals surface area contributed by atoms with Crippen LogP contribution in [0.25, 0.3) is 4.91 Å². The molecule has 29 heavy (non-hydrogen) atoms. The lowest BCUT2D eigenvalue weighted by Gasteiger charge is -2.14. The molecule has 0 radical (unpaired) electrons. The molecule has 1 heterocycles. The Morgan fingerprint density at radius 3 is 2.31 bits per heavy atom. The van der Waals surface area contributed by atoms with Gasteiger partial charge in [-0.2, -0.15) is 26.3 Å². The van der Waals surface area contributed by atoms with Gasteiger partial charge in [-0.25, -0.2) is 4.39 Å². The van der Waals surface area contributed by atoms with E-state index < -0.39 is 40.4 Å². The minimum atomic E-state index is -4.68. The van der Waals surface area contributed by atoms with Crippen LogP contribution in [-0.4, -0.2) is 5.37 Å². The van der Waals surface area contributed by atoms with E-state index in [0.29, 0.717) is 22.2 Å². The summed E-state index contributed by atoms with van der Waals surface area (Å²) in [6.07, 6.45) is -9.24. The Kier molecular flexibility index (Phi) is 5.50. The van der Waals surface area contributed by atoms with Crippen LogP contribution in [0.15, 0.2) is 42.1 Å². The van der Waals surface area contributed by atoms with Gasteiger partial charge in [-0.1, -0.05) is 17.8 Å². The van der Waals surface area contributed by atoms with E-state index in [9.17, 15) is 30.7 Å². The first kappa shape index (κ1) is 21.4. The van der Waals surface area contributed by atoms with Gasteiger partial charge in [-0.15, -0.1) is 0 Å². The zero-order chi connectivity index (χ0) is 21.6. The molecule has 0 saturated carbocycles. The second-order valence-electron chi connectivity index (χ2n) is 6.55. The molecule has 1 aliphatic heterocycles. The SMILES string of the molecule is CC1=C(c2ccc(N)c(C(F)(F)F)c2)SC(Cc2cc(F)cc(C(F)(F)F)c2)N1. The number of thioether (sulfide) groups is 1. The molecule has 0 amide bonds. The summed E-state index contributed by atoms with van der Waals surface area (Å²) in [7, 11) is 0. The van der Waals surface area contributed by atoms with Crippen LogP contribution in [0.4, 0.5) is 36.4 Å². The van der Waals surface area contributed by atoms with Crippen molar-refractivity contribution >= 4 is 22.4 Å². The molecule has 0 spiro atoms. The lowest BCUT2D eigenvalue weighted by Crippen LogP contribution is -2.22. The predicted molar refractivity (Wildman–Crippen MR) is 98.1 cm³/mol. The Bertz CT molecular complexity index is 964. The van der Waals surface area contributed by atoms with E-state index in [2.05, 4.69) is 5.32 Å². The first-order valence-electron chi connectivity index (χ1n) is 8.32. The van der Waals surface area contributed by atoms with E-state index >= 15 is 0 Å². The van der Waals surface area contributed by atoms with Gasteiger partial charge in [0.05, 0.1) is 16.5 Å². The molecule has 2 aromatic carbocycles. The molecule has 1 atom stereocenters. The van der Waals surface area contributed by atoms with Crippen molar-refractivity contribution in [2.45, 2.75) is 31.1 Å². The summed E-state index contributed by atoms with van der Waals surface area (Å²) in [4.78, 5) is 0.521. The number of allylic oxidation sites excluding steroid dienone is 1. The van der Waals surface area contributed by atoms with Gasteiger partial charge in [0.15, 0.2) is 0 Å².